The van der Waals surface area contributed by atoms with Crippen LogP contribution in [0.1, 0.15) is 47.3 Å². The highest BCUT2D eigenvalue weighted by molar-refractivity contribution is 6.00. The van der Waals surface area contributed by atoms with Crippen LogP contribution >= 0.6 is 0 Å². The maximum absolute atomic E-state index is 12.3. The third-order valence-corrected chi connectivity index (χ3v) is 4.71. The number of hydrogen-bond acceptors (Lipinski definition) is 2. The van der Waals surface area contributed by atoms with E-state index in [0.717, 1.165) is 36.6 Å². The number of fused-ring (bicyclic) bond motifs is 3. The Bertz CT molecular complexity index is 774. The molecule has 5 nitrogen and oxygen atoms in total. The third kappa shape index (κ3) is 2.96. The number of aryl methyl sites for hydroxylation is 2. The fourth-order valence-electron chi connectivity index (χ4n) is 3.32. The minimum absolute atomic E-state index is 0.0403. The third-order valence-electron chi connectivity index (χ3n) is 4.71. The van der Waals surface area contributed by atoms with Crippen molar-refractivity contribution in [1.29, 1.82) is 0 Å². The second-order valence-corrected chi connectivity index (χ2v) is 6.57. The van der Waals surface area contributed by atoms with Gasteiger partial charge in [-0.1, -0.05) is 0 Å². The summed E-state index contributed by atoms with van der Waals surface area (Å²) in [5.41, 5.74) is 4.38. The summed E-state index contributed by atoms with van der Waals surface area (Å²) in [4.78, 5) is 27.4. The molecular formula is C18H21N3O2. The molecule has 2 aromatic rings. The van der Waals surface area contributed by atoms with Crippen LogP contribution in [0, 0.1) is 0 Å². The van der Waals surface area contributed by atoms with E-state index in [1.807, 2.05) is 18.2 Å². The first-order chi connectivity index (χ1) is 11.2. The van der Waals surface area contributed by atoms with Gasteiger partial charge in [0.1, 0.15) is 0 Å². The van der Waals surface area contributed by atoms with Crippen molar-refractivity contribution in [3.05, 3.63) is 35.0 Å². The van der Waals surface area contributed by atoms with E-state index in [0.29, 0.717) is 11.6 Å². The lowest BCUT2D eigenvalue weighted by Gasteiger charge is -2.10. The second-order valence-electron chi connectivity index (χ2n) is 6.57. The summed E-state index contributed by atoms with van der Waals surface area (Å²) in [6, 6.07) is 6.05. The number of H-pyrrole nitrogens is 1. The van der Waals surface area contributed by atoms with Crippen LogP contribution in [0.4, 0.5) is 0 Å². The van der Waals surface area contributed by atoms with Crippen molar-refractivity contribution in [3.63, 3.8) is 0 Å². The predicted molar refractivity (Wildman–Crippen MR) is 88.4 cm³/mol. The Balaban J connectivity index is 1.49. The van der Waals surface area contributed by atoms with Crippen LogP contribution in [-0.2, 0) is 17.6 Å². The fraction of sp³-hybridized carbons (Fsp3) is 0.444. The summed E-state index contributed by atoms with van der Waals surface area (Å²) >= 11 is 0. The van der Waals surface area contributed by atoms with E-state index in [1.54, 1.807) is 0 Å². The van der Waals surface area contributed by atoms with Gasteiger partial charge in [0.05, 0.1) is 6.54 Å². The van der Waals surface area contributed by atoms with Crippen LogP contribution < -0.4 is 10.6 Å². The molecule has 5 heteroatoms. The monoisotopic (exact) mass is 311 g/mol. The molecule has 23 heavy (non-hydrogen) atoms. The Hall–Kier alpha value is -2.30. The van der Waals surface area contributed by atoms with Crippen molar-refractivity contribution >= 4 is 22.7 Å². The molecule has 2 amide bonds. The smallest absolute Gasteiger partial charge is 0.251 e. The summed E-state index contributed by atoms with van der Waals surface area (Å²) in [5, 5.41) is 6.72. The molecule has 1 aromatic carbocycles. The van der Waals surface area contributed by atoms with Gasteiger partial charge in [0.15, 0.2) is 0 Å². The lowest BCUT2D eigenvalue weighted by molar-refractivity contribution is -0.120. The molecule has 2 aliphatic rings. The molecule has 120 valence electrons. The summed E-state index contributed by atoms with van der Waals surface area (Å²) in [5.74, 6) is -0.301. The molecule has 2 aliphatic carbocycles. The first-order valence-corrected chi connectivity index (χ1v) is 8.42. The minimum atomic E-state index is -0.191. The van der Waals surface area contributed by atoms with Crippen LogP contribution in [0.2, 0.25) is 0 Å². The average molecular weight is 311 g/mol. The minimum Gasteiger partial charge on any atom is -0.358 e. The molecule has 1 aromatic heterocycles. The number of amides is 2. The van der Waals surface area contributed by atoms with Gasteiger partial charge in [0, 0.05) is 28.2 Å². The van der Waals surface area contributed by atoms with Crippen molar-refractivity contribution in [1.82, 2.24) is 15.6 Å². The van der Waals surface area contributed by atoms with E-state index in [2.05, 4.69) is 15.6 Å². The predicted octanol–water partition coefficient (Wildman–Crippen LogP) is 2.06. The quantitative estimate of drug-likeness (QED) is 0.808. The molecule has 1 saturated carbocycles. The van der Waals surface area contributed by atoms with Crippen molar-refractivity contribution in [2.24, 2.45) is 0 Å². The van der Waals surface area contributed by atoms with Crippen molar-refractivity contribution < 1.29 is 9.59 Å². The number of aromatic nitrogens is 1. The topological polar surface area (TPSA) is 74.0 Å². The molecule has 0 spiro atoms. The van der Waals surface area contributed by atoms with Crippen molar-refractivity contribution in [2.75, 3.05) is 6.54 Å². The number of rotatable bonds is 4. The number of carbonyl (C=O) groups excluding carboxylic acids is 2. The van der Waals surface area contributed by atoms with Gasteiger partial charge < -0.3 is 15.6 Å². The van der Waals surface area contributed by atoms with E-state index >= 15 is 0 Å². The first kappa shape index (κ1) is 14.3. The van der Waals surface area contributed by atoms with Gasteiger partial charge in [-0.15, -0.1) is 0 Å². The Morgan fingerprint density at radius 1 is 1.17 bits per heavy atom. The van der Waals surface area contributed by atoms with Gasteiger partial charge in [-0.2, -0.15) is 0 Å². The van der Waals surface area contributed by atoms with E-state index in [-0.39, 0.29) is 18.4 Å². The summed E-state index contributed by atoms with van der Waals surface area (Å²) in [6.45, 7) is 0.0403. The molecule has 0 unspecified atom stereocenters. The number of aromatic amines is 1. The van der Waals surface area contributed by atoms with Crippen molar-refractivity contribution in [2.45, 2.75) is 44.6 Å². The van der Waals surface area contributed by atoms with Crippen LogP contribution in [0.25, 0.3) is 10.9 Å². The fourth-order valence-corrected chi connectivity index (χ4v) is 3.32. The highest BCUT2D eigenvalue weighted by atomic mass is 16.2. The van der Waals surface area contributed by atoms with Gasteiger partial charge in [-0.25, -0.2) is 0 Å². The van der Waals surface area contributed by atoms with Crippen LogP contribution in [0.15, 0.2) is 18.2 Å². The Labute approximate surface area is 134 Å². The molecule has 3 N–H and O–H groups in total. The van der Waals surface area contributed by atoms with Crippen molar-refractivity contribution in [3.8, 4) is 0 Å². The maximum Gasteiger partial charge on any atom is 0.251 e. The largest absolute Gasteiger partial charge is 0.358 e. The van der Waals surface area contributed by atoms with Gasteiger partial charge in [0.2, 0.25) is 5.91 Å². The molecule has 0 bridgehead atoms. The maximum atomic E-state index is 12.3. The zero-order valence-corrected chi connectivity index (χ0v) is 13.1. The molecule has 0 radical (unpaired) electrons. The molecule has 1 fully saturated rings. The van der Waals surface area contributed by atoms with Gasteiger partial charge >= 0.3 is 0 Å². The molecular weight excluding hydrogens is 290 g/mol. The van der Waals surface area contributed by atoms with Crippen LogP contribution in [-0.4, -0.2) is 29.4 Å². The lowest BCUT2D eigenvalue weighted by Crippen LogP contribution is -2.37. The summed E-state index contributed by atoms with van der Waals surface area (Å²) in [7, 11) is 0. The van der Waals surface area contributed by atoms with E-state index in [9.17, 15) is 9.59 Å². The SMILES string of the molecule is O=C(CNC(=O)c1ccc2[nH]c3c(c2c1)CCCC3)NC1CC1. The summed E-state index contributed by atoms with van der Waals surface area (Å²) in [6.07, 6.45) is 6.70. The highest BCUT2D eigenvalue weighted by Gasteiger charge is 2.23. The number of nitrogens with one attached hydrogen (secondary N) is 3. The van der Waals surface area contributed by atoms with E-state index in [1.165, 1.54) is 24.1 Å². The zero-order chi connectivity index (χ0) is 15.8. The summed E-state index contributed by atoms with van der Waals surface area (Å²) < 4.78 is 0. The van der Waals surface area contributed by atoms with Gasteiger partial charge in [0.25, 0.3) is 5.91 Å². The molecule has 0 aliphatic heterocycles. The average Bonchev–Trinajstić information content (AvgIpc) is 3.30. The standard InChI is InChI=1S/C18H21N3O2/c22-17(20-12-6-7-12)10-19-18(23)11-5-8-16-14(9-11)13-3-1-2-4-15(13)21-16/h5,8-9,12,21H,1-4,6-7,10H2,(H,19,23)(H,20,22). The zero-order valence-electron chi connectivity index (χ0n) is 13.1. The van der Waals surface area contributed by atoms with Crippen LogP contribution in [0.5, 0.6) is 0 Å². The number of benzene rings is 1. The Kier molecular flexibility index (Phi) is 3.56. The van der Waals surface area contributed by atoms with E-state index in [4.69, 9.17) is 0 Å². The molecule has 0 saturated heterocycles. The van der Waals surface area contributed by atoms with Crippen LogP contribution in [0.3, 0.4) is 0 Å². The molecule has 0 atom stereocenters. The normalized spacial score (nSPS) is 16.9. The number of carbonyl (C=O) groups is 2. The second kappa shape index (κ2) is 5.72. The van der Waals surface area contributed by atoms with Gasteiger partial charge in [-0.05, 0) is 62.3 Å². The Morgan fingerprint density at radius 3 is 2.83 bits per heavy atom. The number of hydrogen-bond donors (Lipinski definition) is 3. The van der Waals surface area contributed by atoms with Gasteiger partial charge in [-0.3, -0.25) is 9.59 Å². The van der Waals surface area contributed by atoms with E-state index < -0.39 is 0 Å². The molecule has 4 rings (SSSR count). The first-order valence-electron chi connectivity index (χ1n) is 8.42. The Morgan fingerprint density at radius 2 is 2.00 bits per heavy atom. The lowest BCUT2D eigenvalue weighted by atomic mass is 9.95. The highest BCUT2D eigenvalue weighted by Crippen LogP contribution is 2.29. The molecule has 1 heterocycles.